The van der Waals surface area contributed by atoms with Gasteiger partial charge in [-0.05, 0) is 24.3 Å². The molecule has 0 saturated heterocycles. The van der Waals surface area contributed by atoms with Crippen LogP contribution in [0.5, 0.6) is 0 Å². The van der Waals surface area contributed by atoms with E-state index in [0.717, 1.165) is 11.8 Å². The van der Waals surface area contributed by atoms with Crippen LogP contribution < -0.4 is 15.8 Å². The number of nitro groups is 1. The zero-order chi connectivity index (χ0) is 17.7. The maximum atomic E-state index is 12.1. The van der Waals surface area contributed by atoms with Gasteiger partial charge in [0.05, 0.1) is 4.92 Å². The van der Waals surface area contributed by atoms with Gasteiger partial charge >= 0.3 is 0 Å². The first kappa shape index (κ1) is 16.9. The van der Waals surface area contributed by atoms with Crippen LogP contribution in [0.2, 0.25) is 0 Å². The molecule has 2 aromatic rings. The van der Waals surface area contributed by atoms with Crippen molar-refractivity contribution in [1.82, 2.24) is 10.9 Å². The molecular weight excluding hydrogens is 312 g/mol. The van der Waals surface area contributed by atoms with Crippen LogP contribution in [0.15, 0.2) is 48.5 Å². The number of nitrogens with zero attached hydrogens (tertiary/aromatic N) is 2. The fourth-order valence-corrected chi connectivity index (χ4v) is 1.94. The molecule has 0 bridgehead atoms. The van der Waals surface area contributed by atoms with Gasteiger partial charge in [0, 0.05) is 43.0 Å². The van der Waals surface area contributed by atoms with Crippen LogP contribution in [-0.4, -0.2) is 30.8 Å². The number of carbonyl (C=O) groups excluding carboxylic acids is 2. The molecule has 0 atom stereocenters. The third-order valence-electron chi connectivity index (χ3n) is 3.23. The van der Waals surface area contributed by atoms with Gasteiger partial charge in [-0.1, -0.05) is 12.1 Å². The Morgan fingerprint density at radius 2 is 1.50 bits per heavy atom. The Kier molecular flexibility index (Phi) is 5.10. The van der Waals surface area contributed by atoms with E-state index in [2.05, 4.69) is 10.9 Å². The fourth-order valence-electron chi connectivity index (χ4n) is 1.94. The van der Waals surface area contributed by atoms with Gasteiger partial charge in [-0.15, -0.1) is 0 Å². The normalized spacial score (nSPS) is 9.92. The van der Waals surface area contributed by atoms with E-state index < -0.39 is 16.7 Å². The van der Waals surface area contributed by atoms with Gasteiger partial charge in [0.1, 0.15) is 0 Å². The van der Waals surface area contributed by atoms with E-state index in [0.29, 0.717) is 5.56 Å². The zero-order valence-corrected chi connectivity index (χ0v) is 13.1. The molecule has 0 fully saturated rings. The Labute approximate surface area is 138 Å². The highest BCUT2D eigenvalue weighted by atomic mass is 16.6. The lowest BCUT2D eigenvalue weighted by Crippen LogP contribution is -2.41. The second-order valence-electron chi connectivity index (χ2n) is 5.16. The Bertz CT molecular complexity index is 789. The van der Waals surface area contributed by atoms with Crippen molar-refractivity contribution in [3.8, 4) is 0 Å². The molecule has 0 saturated carbocycles. The minimum Gasteiger partial charge on any atom is -0.378 e. The molecule has 24 heavy (non-hydrogen) atoms. The number of non-ortho nitro benzene ring substituents is 1. The number of hydrazine groups is 1. The van der Waals surface area contributed by atoms with E-state index in [1.165, 1.54) is 18.2 Å². The summed E-state index contributed by atoms with van der Waals surface area (Å²) in [4.78, 5) is 36.0. The van der Waals surface area contributed by atoms with E-state index in [4.69, 9.17) is 0 Å². The largest absolute Gasteiger partial charge is 0.378 e. The van der Waals surface area contributed by atoms with Gasteiger partial charge in [0.15, 0.2) is 0 Å². The molecule has 0 aliphatic heterocycles. The van der Waals surface area contributed by atoms with Crippen molar-refractivity contribution < 1.29 is 14.5 Å². The number of hydrogen-bond acceptors (Lipinski definition) is 5. The second-order valence-corrected chi connectivity index (χ2v) is 5.16. The van der Waals surface area contributed by atoms with Crippen LogP contribution in [0.3, 0.4) is 0 Å². The molecule has 0 aliphatic rings. The maximum absolute atomic E-state index is 12.1. The van der Waals surface area contributed by atoms with Crippen LogP contribution >= 0.6 is 0 Å². The summed E-state index contributed by atoms with van der Waals surface area (Å²) in [6, 6.07) is 12.1. The Morgan fingerprint density at radius 3 is 2.04 bits per heavy atom. The monoisotopic (exact) mass is 328 g/mol. The highest BCUT2D eigenvalue weighted by Gasteiger charge is 2.13. The molecule has 2 amide bonds. The van der Waals surface area contributed by atoms with Crippen LogP contribution in [0.1, 0.15) is 20.7 Å². The van der Waals surface area contributed by atoms with Crippen LogP contribution in [0, 0.1) is 10.1 Å². The third-order valence-corrected chi connectivity index (χ3v) is 3.23. The summed E-state index contributed by atoms with van der Waals surface area (Å²) in [5.41, 5.74) is 5.61. The highest BCUT2D eigenvalue weighted by Crippen LogP contribution is 2.14. The van der Waals surface area contributed by atoms with Crippen LogP contribution in [0.25, 0.3) is 0 Å². The summed E-state index contributed by atoms with van der Waals surface area (Å²) in [5, 5.41) is 10.7. The van der Waals surface area contributed by atoms with E-state index in [1.54, 1.807) is 18.2 Å². The Hall–Kier alpha value is -3.42. The van der Waals surface area contributed by atoms with Crippen LogP contribution in [0.4, 0.5) is 11.4 Å². The molecule has 124 valence electrons. The molecule has 8 nitrogen and oxygen atoms in total. The fraction of sp³-hybridized carbons (Fsp3) is 0.125. The molecular formula is C16H16N4O4. The summed E-state index contributed by atoms with van der Waals surface area (Å²) >= 11 is 0. The van der Waals surface area contributed by atoms with Gasteiger partial charge in [-0.3, -0.25) is 30.6 Å². The van der Waals surface area contributed by atoms with Crippen molar-refractivity contribution in [3.63, 3.8) is 0 Å². The number of rotatable bonds is 4. The Morgan fingerprint density at radius 1 is 0.958 bits per heavy atom. The number of carbonyl (C=O) groups is 2. The van der Waals surface area contributed by atoms with Crippen molar-refractivity contribution in [1.29, 1.82) is 0 Å². The second kappa shape index (κ2) is 7.23. The first-order valence-corrected chi connectivity index (χ1v) is 7.01. The summed E-state index contributed by atoms with van der Waals surface area (Å²) in [6.07, 6.45) is 0. The minimum absolute atomic E-state index is 0.0755. The molecule has 0 aromatic heterocycles. The number of nitrogens with one attached hydrogen (secondary N) is 2. The van der Waals surface area contributed by atoms with Crippen molar-refractivity contribution in [3.05, 3.63) is 69.8 Å². The molecule has 0 radical (unpaired) electrons. The quantitative estimate of drug-likeness (QED) is 0.657. The lowest BCUT2D eigenvalue weighted by Gasteiger charge is -2.13. The van der Waals surface area contributed by atoms with Crippen molar-refractivity contribution in [2.75, 3.05) is 19.0 Å². The molecule has 0 heterocycles. The van der Waals surface area contributed by atoms with Crippen molar-refractivity contribution in [2.24, 2.45) is 0 Å². The predicted molar refractivity (Wildman–Crippen MR) is 88.8 cm³/mol. The number of hydrogen-bond donors (Lipinski definition) is 2. The standard InChI is InChI=1S/C16H16N4O4/c1-19(2)13-7-3-5-11(9-13)15(21)17-18-16(22)12-6-4-8-14(10-12)20(23)24/h3-10H,1-2H3,(H,17,21)(H,18,22). The van der Waals surface area contributed by atoms with Gasteiger partial charge < -0.3 is 4.90 Å². The van der Waals surface area contributed by atoms with E-state index >= 15 is 0 Å². The number of benzene rings is 2. The molecule has 2 aromatic carbocycles. The van der Waals surface area contributed by atoms with Gasteiger partial charge in [0.2, 0.25) is 0 Å². The number of anilines is 1. The first-order valence-electron chi connectivity index (χ1n) is 7.01. The average molecular weight is 328 g/mol. The molecule has 0 spiro atoms. The lowest BCUT2D eigenvalue weighted by molar-refractivity contribution is -0.384. The first-order chi connectivity index (χ1) is 11.4. The smallest absolute Gasteiger partial charge is 0.270 e. The highest BCUT2D eigenvalue weighted by molar-refractivity contribution is 5.99. The van der Waals surface area contributed by atoms with E-state index in [1.807, 2.05) is 25.1 Å². The molecule has 0 aliphatic carbocycles. The van der Waals surface area contributed by atoms with Crippen molar-refractivity contribution in [2.45, 2.75) is 0 Å². The predicted octanol–water partition coefficient (Wildman–Crippen LogP) is 1.74. The number of amides is 2. The summed E-state index contributed by atoms with van der Waals surface area (Å²) in [6.45, 7) is 0. The lowest BCUT2D eigenvalue weighted by atomic mass is 10.2. The summed E-state index contributed by atoms with van der Waals surface area (Å²) < 4.78 is 0. The molecule has 2 rings (SSSR count). The molecule has 2 N–H and O–H groups in total. The molecule has 8 heteroatoms. The summed E-state index contributed by atoms with van der Waals surface area (Å²) in [5.74, 6) is -1.13. The zero-order valence-electron chi connectivity index (χ0n) is 13.1. The third kappa shape index (κ3) is 4.07. The number of nitro benzene ring substituents is 1. The van der Waals surface area contributed by atoms with Crippen molar-refractivity contribution >= 4 is 23.2 Å². The van der Waals surface area contributed by atoms with E-state index in [-0.39, 0.29) is 11.3 Å². The van der Waals surface area contributed by atoms with Gasteiger partial charge in [-0.2, -0.15) is 0 Å². The Balaban J connectivity index is 2.03. The molecule has 0 unspecified atom stereocenters. The van der Waals surface area contributed by atoms with Gasteiger partial charge in [-0.25, -0.2) is 0 Å². The summed E-state index contributed by atoms with van der Waals surface area (Å²) in [7, 11) is 3.70. The maximum Gasteiger partial charge on any atom is 0.270 e. The van der Waals surface area contributed by atoms with E-state index in [9.17, 15) is 19.7 Å². The average Bonchev–Trinajstić information content (AvgIpc) is 2.59. The van der Waals surface area contributed by atoms with Crippen LogP contribution in [-0.2, 0) is 0 Å². The topological polar surface area (TPSA) is 105 Å². The minimum atomic E-state index is -0.643. The SMILES string of the molecule is CN(C)c1cccc(C(=O)NNC(=O)c2cccc([N+](=O)[O-])c2)c1. The van der Waals surface area contributed by atoms with Gasteiger partial charge in [0.25, 0.3) is 17.5 Å².